The van der Waals surface area contributed by atoms with Gasteiger partial charge >= 0.3 is 5.97 Å². The van der Waals surface area contributed by atoms with Gasteiger partial charge in [-0.15, -0.1) is 0 Å². The summed E-state index contributed by atoms with van der Waals surface area (Å²) in [5.41, 5.74) is 1.95. The lowest BCUT2D eigenvalue weighted by Gasteiger charge is -2.62. The van der Waals surface area contributed by atoms with E-state index in [1.54, 1.807) is 0 Å². The molecule has 0 aliphatic heterocycles. The standard InChI is InChI=1S/C29H50N2O3/c1-19(7-10-27(33)34-6)22-8-9-23-21-18-26(32)25-17-20(30-15-16-31(4)5)11-13-29(25,3)24(21)12-14-28(22,23)2/h19,21-26,32H,7-18H2,1-6H3/b30-20+/t19-,21?,22-,23?,24?,25?,26+,28-,29-/m1/s1. The molecule has 34 heavy (non-hydrogen) atoms. The van der Waals surface area contributed by atoms with Crippen molar-refractivity contribution >= 4 is 11.7 Å². The molecule has 4 unspecified atom stereocenters. The van der Waals surface area contributed by atoms with E-state index in [2.05, 4.69) is 39.8 Å². The van der Waals surface area contributed by atoms with Crippen LogP contribution in [0.25, 0.3) is 0 Å². The lowest BCUT2D eigenvalue weighted by atomic mass is 9.44. The Morgan fingerprint density at radius 3 is 2.59 bits per heavy atom. The predicted molar refractivity (Wildman–Crippen MR) is 138 cm³/mol. The van der Waals surface area contributed by atoms with Crippen molar-refractivity contribution in [3.63, 3.8) is 0 Å². The molecule has 4 aliphatic carbocycles. The number of aliphatic imine (C=N–C) groups is 1. The number of esters is 1. The summed E-state index contributed by atoms with van der Waals surface area (Å²) >= 11 is 0. The Labute approximate surface area is 208 Å². The van der Waals surface area contributed by atoms with Crippen molar-refractivity contribution < 1.29 is 14.6 Å². The van der Waals surface area contributed by atoms with Gasteiger partial charge in [-0.25, -0.2) is 0 Å². The van der Waals surface area contributed by atoms with Crippen LogP contribution in [-0.4, -0.2) is 62.1 Å². The molecular formula is C29H50N2O3. The van der Waals surface area contributed by atoms with Crippen molar-refractivity contribution in [2.45, 2.75) is 91.1 Å². The first-order valence-electron chi connectivity index (χ1n) is 14.0. The van der Waals surface area contributed by atoms with E-state index in [4.69, 9.17) is 9.73 Å². The van der Waals surface area contributed by atoms with E-state index in [0.29, 0.717) is 35.5 Å². The van der Waals surface area contributed by atoms with Gasteiger partial charge in [-0.3, -0.25) is 9.79 Å². The highest BCUT2D eigenvalue weighted by molar-refractivity contribution is 5.85. The highest BCUT2D eigenvalue weighted by Crippen LogP contribution is 2.68. The van der Waals surface area contributed by atoms with Gasteiger partial charge in [0.15, 0.2) is 0 Å². The molecule has 0 saturated heterocycles. The molecule has 4 fully saturated rings. The summed E-state index contributed by atoms with van der Waals surface area (Å²) in [6.07, 6.45) is 10.8. The van der Waals surface area contributed by atoms with Crippen molar-refractivity contribution in [1.82, 2.24) is 4.90 Å². The molecule has 0 aromatic carbocycles. The maximum atomic E-state index is 11.7. The maximum absolute atomic E-state index is 11.7. The van der Waals surface area contributed by atoms with Crippen LogP contribution in [0.5, 0.6) is 0 Å². The van der Waals surface area contributed by atoms with Gasteiger partial charge < -0.3 is 14.7 Å². The summed E-state index contributed by atoms with van der Waals surface area (Å²) in [6, 6.07) is 0. The van der Waals surface area contributed by atoms with E-state index >= 15 is 0 Å². The van der Waals surface area contributed by atoms with Crippen molar-refractivity contribution in [2.75, 3.05) is 34.3 Å². The molecule has 4 aliphatic rings. The molecule has 4 rings (SSSR count). The minimum Gasteiger partial charge on any atom is -0.469 e. The average molecular weight is 475 g/mol. The minimum absolute atomic E-state index is 0.0773. The fourth-order valence-corrected chi connectivity index (χ4v) is 9.28. The highest BCUT2D eigenvalue weighted by atomic mass is 16.5. The summed E-state index contributed by atoms with van der Waals surface area (Å²) in [5, 5.41) is 11.5. The van der Waals surface area contributed by atoms with Crippen molar-refractivity contribution in [2.24, 2.45) is 51.3 Å². The number of aliphatic hydroxyl groups is 1. The number of ether oxygens (including phenoxy) is 1. The number of carbonyl (C=O) groups is 1. The van der Waals surface area contributed by atoms with E-state index in [1.807, 2.05) is 0 Å². The first-order chi connectivity index (χ1) is 16.1. The lowest BCUT2D eigenvalue weighted by molar-refractivity contribution is -0.150. The van der Waals surface area contributed by atoms with Gasteiger partial charge in [-0.1, -0.05) is 20.8 Å². The second kappa shape index (κ2) is 10.2. The first kappa shape index (κ1) is 26.1. The Morgan fingerprint density at radius 1 is 1.15 bits per heavy atom. The van der Waals surface area contributed by atoms with Gasteiger partial charge in [0.1, 0.15) is 0 Å². The first-order valence-corrected chi connectivity index (χ1v) is 14.0. The number of fused-ring (bicyclic) bond motifs is 5. The Bertz CT molecular complexity index is 766. The number of nitrogens with zero attached hydrogens (tertiary/aromatic N) is 2. The number of hydrogen-bond donors (Lipinski definition) is 1. The van der Waals surface area contributed by atoms with Crippen LogP contribution in [0.4, 0.5) is 0 Å². The monoisotopic (exact) mass is 474 g/mol. The van der Waals surface area contributed by atoms with Gasteiger partial charge in [0, 0.05) is 18.7 Å². The summed E-state index contributed by atoms with van der Waals surface area (Å²) < 4.78 is 4.90. The second-order valence-electron chi connectivity index (χ2n) is 13.1. The smallest absolute Gasteiger partial charge is 0.305 e. The normalized spacial score (nSPS) is 43.8. The van der Waals surface area contributed by atoms with Gasteiger partial charge in [0.2, 0.25) is 0 Å². The molecule has 0 bridgehead atoms. The van der Waals surface area contributed by atoms with E-state index in [-0.39, 0.29) is 17.5 Å². The average Bonchev–Trinajstić information content (AvgIpc) is 3.15. The third-order valence-corrected chi connectivity index (χ3v) is 11.2. The largest absolute Gasteiger partial charge is 0.469 e. The molecule has 4 saturated carbocycles. The molecular weight excluding hydrogens is 424 g/mol. The van der Waals surface area contributed by atoms with Gasteiger partial charge in [0.05, 0.1) is 19.8 Å². The molecule has 1 N–H and O–H groups in total. The van der Waals surface area contributed by atoms with Crippen LogP contribution in [0.15, 0.2) is 4.99 Å². The molecule has 0 amide bonds. The molecule has 194 valence electrons. The number of likely N-dealkylation sites (N-methyl/N-ethyl adjacent to an activating group) is 1. The SMILES string of the molecule is COC(=O)CC[C@@H](C)[C@H]1CCC2C3C[C@H](O)C4C/C(=N/CCN(C)C)CC[C@]4(C)C3CC[C@@]21C. The van der Waals surface area contributed by atoms with Crippen LogP contribution < -0.4 is 0 Å². The number of hydrogen-bond acceptors (Lipinski definition) is 5. The lowest BCUT2D eigenvalue weighted by Crippen LogP contribution is -2.58. The quantitative estimate of drug-likeness (QED) is 0.515. The number of aliphatic hydroxyl groups excluding tert-OH is 1. The Hall–Kier alpha value is -0.940. The minimum atomic E-state index is -0.191. The van der Waals surface area contributed by atoms with Crippen molar-refractivity contribution in [3.8, 4) is 0 Å². The summed E-state index contributed by atoms with van der Waals surface area (Å²) in [7, 11) is 5.70. The number of rotatable bonds is 7. The zero-order valence-electron chi connectivity index (χ0n) is 22.7. The van der Waals surface area contributed by atoms with Gasteiger partial charge in [-0.2, -0.15) is 0 Å². The molecule has 0 aromatic heterocycles. The van der Waals surface area contributed by atoms with Crippen molar-refractivity contribution in [3.05, 3.63) is 0 Å². The molecule has 0 radical (unpaired) electrons. The zero-order valence-corrected chi connectivity index (χ0v) is 22.7. The molecule has 5 nitrogen and oxygen atoms in total. The molecule has 5 heteroatoms. The Kier molecular flexibility index (Phi) is 7.84. The van der Waals surface area contributed by atoms with Gasteiger partial charge in [0.25, 0.3) is 0 Å². The zero-order chi connectivity index (χ0) is 24.7. The summed E-state index contributed by atoms with van der Waals surface area (Å²) in [6.45, 7) is 9.31. The third kappa shape index (κ3) is 4.73. The molecule has 0 heterocycles. The van der Waals surface area contributed by atoms with E-state index in [1.165, 1.54) is 44.9 Å². The van der Waals surface area contributed by atoms with E-state index < -0.39 is 0 Å². The topological polar surface area (TPSA) is 62.1 Å². The molecule has 0 aromatic rings. The van der Waals surface area contributed by atoms with E-state index in [0.717, 1.165) is 50.6 Å². The van der Waals surface area contributed by atoms with Gasteiger partial charge in [-0.05, 0) is 118 Å². The van der Waals surface area contributed by atoms with E-state index in [9.17, 15) is 9.90 Å². The van der Waals surface area contributed by atoms with Crippen LogP contribution in [0.1, 0.15) is 85.0 Å². The van der Waals surface area contributed by atoms with Crippen LogP contribution >= 0.6 is 0 Å². The molecule has 9 atom stereocenters. The Morgan fingerprint density at radius 2 is 1.88 bits per heavy atom. The Balaban J connectivity index is 1.46. The highest BCUT2D eigenvalue weighted by Gasteiger charge is 2.62. The predicted octanol–water partition coefficient (Wildman–Crippen LogP) is 5.21. The fraction of sp³-hybridized carbons (Fsp3) is 0.931. The van der Waals surface area contributed by atoms with Crippen LogP contribution in [0.3, 0.4) is 0 Å². The summed E-state index contributed by atoms with van der Waals surface area (Å²) in [4.78, 5) is 18.9. The fourth-order valence-electron chi connectivity index (χ4n) is 9.28. The molecule has 0 spiro atoms. The number of methoxy groups -OCH3 is 1. The number of carbonyl (C=O) groups excluding carboxylic acids is 1. The van der Waals surface area contributed by atoms with Crippen molar-refractivity contribution in [1.29, 1.82) is 0 Å². The second-order valence-corrected chi connectivity index (χ2v) is 13.1. The van der Waals surface area contributed by atoms with Crippen LogP contribution in [0.2, 0.25) is 0 Å². The van der Waals surface area contributed by atoms with Crippen LogP contribution in [-0.2, 0) is 9.53 Å². The summed E-state index contributed by atoms with van der Waals surface area (Å²) in [5.74, 6) is 3.66. The maximum Gasteiger partial charge on any atom is 0.305 e. The van der Waals surface area contributed by atoms with Crippen LogP contribution in [0, 0.1) is 46.3 Å². The third-order valence-electron chi connectivity index (χ3n) is 11.2.